The van der Waals surface area contributed by atoms with Gasteiger partial charge in [-0.15, -0.1) is 0 Å². The van der Waals surface area contributed by atoms with Crippen molar-refractivity contribution < 1.29 is 14.3 Å². The summed E-state index contributed by atoms with van der Waals surface area (Å²) in [6.45, 7) is 7.23. The molecule has 0 N–H and O–H groups in total. The highest BCUT2D eigenvalue weighted by molar-refractivity contribution is 5.87. The first kappa shape index (κ1) is 18.0. The normalized spacial score (nSPS) is 17.3. The van der Waals surface area contributed by atoms with E-state index in [0.717, 1.165) is 58.0 Å². The summed E-state index contributed by atoms with van der Waals surface area (Å²) in [5, 5.41) is 0. The summed E-state index contributed by atoms with van der Waals surface area (Å²) in [5.41, 5.74) is -0.855. The number of ketones is 1. The zero-order valence-corrected chi connectivity index (χ0v) is 14.0. The van der Waals surface area contributed by atoms with Gasteiger partial charge in [0.25, 0.3) is 0 Å². The van der Waals surface area contributed by atoms with Gasteiger partial charge in [-0.25, -0.2) is 4.79 Å². The molecule has 0 heterocycles. The van der Waals surface area contributed by atoms with Crippen LogP contribution >= 0.6 is 0 Å². The number of hydrogen-bond acceptors (Lipinski definition) is 3. The first-order chi connectivity index (χ1) is 10.1. The van der Waals surface area contributed by atoms with Crippen molar-refractivity contribution in [3.63, 3.8) is 0 Å². The molecule has 122 valence electrons. The van der Waals surface area contributed by atoms with Gasteiger partial charge in [0.1, 0.15) is 0 Å². The molecule has 1 amide bonds. The lowest BCUT2D eigenvalue weighted by Gasteiger charge is -2.36. The molecule has 1 aliphatic rings. The standard InChI is InChI=1S/C17H31NO3/c1-4-6-13-18(14-7-5-2)16(20)21-17(15(3)19)11-9-8-10-12-17/h4-14H2,1-3H3. The molecule has 4 nitrogen and oxygen atoms in total. The molecule has 0 aromatic heterocycles. The Kier molecular flexibility index (Phi) is 7.76. The van der Waals surface area contributed by atoms with Gasteiger partial charge >= 0.3 is 6.09 Å². The van der Waals surface area contributed by atoms with Crippen molar-refractivity contribution in [2.75, 3.05) is 13.1 Å². The Balaban J connectivity index is 2.69. The lowest BCUT2D eigenvalue weighted by Crippen LogP contribution is -2.47. The Morgan fingerprint density at radius 3 is 1.95 bits per heavy atom. The first-order valence-electron chi connectivity index (χ1n) is 8.54. The summed E-state index contributed by atoms with van der Waals surface area (Å²) in [7, 11) is 0. The average molecular weight is 297 g/mol. The van der Waals surface area contributed by atoms with E-state index < -0.39 is 5.60 Å². The summed E-state index contributed by atoms with van der Waals surface area (Å²) in [6.07, 6.45) is 8.19. The van der Waals surface area contributed by atoms with Crippen molar-refractivity contribution in [3.05, 3.63) is 0 Å². The highest BCUT2D eigenvalue weighted by Gasteiger charge is 2.41. The van der Waals surface area contributed by atoms with E-state index >= 15 is 0 Å². The zero-order valence-electron chi connectivity index (χ0n) is 14.0. The molecule has 1 fully saturated rings. The van der Waals surface area contributed by atoms with Crippen molar-refractivity contribution in [2.45, 2.75) is 84.2 Å². The maximum atomic E-state index is 12.5. The number of rotatable bonds is 8. The van der Waals surface area contributed by atoms with E-state index in [0.29, 0.717) is 12.8 Å². The largest absolute Gasteiger partial charge is 0.435 e. The van der Waals surface area contributed by atoms with Gasteiger partial charge in [0.15, 0.2) is 11.4 Å². The number of unbranched alkanes of at least 4 members (excludes halogenated alkanes) is 2. The Morgan fingerprint density at radius 1 is 1.00 bits per heavy atom. The Labute approximate surface area is 129 Å². The van der Waals surface area contributed by atoms with Crippen LogP contribution in [0.5, 0.6) is 0 Å². The van der Waals surface area contributed by atoms with Crippen LogP contribution in [0, 0.1) is 0 Å². The number of ether oxygens (including phenoxy) is 1. The fourth-order valence-corrected chi connectivity index (χ4v) is 2.87. The van der Waals surface area contributed by atoms with E-state index in [1.807, 2.05) is 0 Å². The van der Waals surface area contributed by atoms with Crippen molar-refractivity contribution in [1.82, 2.24) is 4.90 Å². The predicted molar refractivity (Wildman–Crippen MR) is 84.4 cm³/mol. The van der Waals surface area contributed by atoms with Gasteiger partial charge in [-0.1, -0.05) is 33.1 Å². The van der Waals surface area contributed by atoms with Crippen molar-refractivity contribution in [1.29, 1.82) is 0 Å². The lowest BCUT2D eigenvalue weighted by molar-refractivity contribution is -0.140. The molecule has 0 aliphatic heterocycles. The molecular formula is C17H31NO3. The number of hydrogen-bond donors (Lipinski definition) is 0. The summed E-state index contributed by atoms with van der Waals surface area (Å²) >= 11 is 0. The summed E-state index contributed by atoms with van der Waals surface area (Å²) in [5.74, 6) is 0.00137. The van der Waals surface area contributed by atoms with Crippen molar-refractivity contribution >= 4 is 11.9 Å². The highest BCUT2D eigenvalue weighted by atomic mass is 16.6. The van der Waals surface area contributed by atoms with Gasteiger partial charge in [0.05, 0.1) is 0 Å². The molecule has 0 aromatic carbocycles. The van der Waals surface area contributed by atoms with Crippen LogP contribution in [0.3, 0.4) is 0 Å². The van der Waals surface area contributed by atoms with Crippen molar-refractivity contribution in [3.8, 4) is 0 Å². The molecule has 0 saturated heterocycles. The van der Waals surface area contributed by atoms with Crippen LogP contribution in [0.4, 0.5) is 4.79 Å². The first-order valence-corrected chi connectivity index (χ1v) is 8.54. The quantitative estimate of drug-likeness (QED) is 0.670. The van der Waals surface area contributed by atoms with Crippen LogP contribution in [0.25, 0.3) is 0 Å². The second-order valence-electron chi connectivity index (χ2n) is 6.17. The van der Waals surface area contributed by atoms with Crippen LogP contribution in [0.2, 0.25) is 0 Å². The monoisotopic (exact) mass is 297 g/mol. The Hall–Kier alpha value is -1.06. The van der Waals surface area contributed by atoms with E-state index in [9.17, 15) is 9.59 Å². The van der Waals surface area contributed by atoms with Gasteiger partial charge in [-0.2, -0.15) is 0 Å². The van der Waals surface area contributed by atoms with Gasteiger partial charge < -0.3 is 9.64 Å². The molecule has 0 radical (unpaired) electrons. The van der Waals surface area contributed by atoms with Gasteiger partial charge in [-0.3, -0.25) is 4.79 Å². The van der Waals surface area contributed by atoms with E-state index in [2.05, 4.69) is 13.8 Å². The van der Waals surface area contributed by atoms with Gasteiger partial charge in [0.2, 0.25) is 0 Å². The fraction of sp³-hybridized carbons (Fsp3) is 0.882. The van der Waals surface area contributed by atoms with Crippen LogP contribution in [0.15, 0.2) is 0 Å². The summed E-state index contributed by atoms with van der Waals surface area (Å²) < 4.78 is 5.73. The van der Waals surface area contributed by atoms with E-state index in [1.165, 1.54) is 0 Å². The Bertz CT molecular complexity index is 327. The second-order valence-corrected chi connectivity index (χ2v) is 6.17. The third-order valence-corrected chi connectivity index (χ3v) is 4.41. The number of amides is 1. The predicted octanol–water partition coefficient (Wildman–Crippen LogP) is 4.32. The molecule has 1 rings (SSSR count). The van der Waals surface area contributed by atoms with Crippen LogP contribution in [0.1, 0.15) is 78.6 Å². The fourth-order valence-electron chi connectivity index (χ4n) is 2.87. The summed E-state index contributed by atoms with van der Waals surface area (Å²) in [4.78, 5) is 26.3. The topological polar surface area (TPSA) is 46.6 Å². The van der Waals surface area contributed by atoms with E-state index in [4.69, 9.17) is 4.74 Å². The SMILES string of the molecule is CCCCN(CCCC)C(=O)OC1(C(C)=O)CCCCC1. The highest BCUT2D eigenvalue weighted by Crippen LogP contribution is 2.33. The molecule has 0 spiro atoms. The average Bonchev–Trinajstić information content (AvgIpc) is 2.48. The molecule has 0 aromatic rings. The van der Waals surface area contributed by atoms with Crippen molar-refractivity contribution in [2.24, 2.45) is 0 Å². The molecule has 0 atom stereocenters. The molecule has 21 heavy (non-hydrogen) atoms. The number of nitrogens with zero attached hydrogens (tertiary/aromatic N) is 1. The lowest BCUT2D eigenvalue weighted by atomic mass is 9.82. The number of carbonyl (C=O) groups is 2. The third-order valence-electron chi connectivity index (χ3n) is 4.41. The maximum absolute atomic E-state index is 12.5. The van der Waals surface area contributed by atoms with E-state index in [1.54, 1.807) is 11.8 Å². The van der Waals surface area contributed by atoms with Crippen LogP contribution < -0.4 is 0 Å². The summed E-state index contributed by atoms with van der Waals surface area (Å²) in [6, 6.07) is 0. The minimum absolute atomic E-state index is 0.00137. The Morgan fingerprint density at radius 2 is 1.52 bits per heavy atom. The van der Waals surface area contributed by atoms with Gasteiger partial charge in [-0.05, 0) is 45.4 Å². The van der Waals surface area contributed by atoms with Crippen LogP contribution in [-0.2, 0) is 9.53 Å². The number of Topliss-reactive ketones (excluding diaryl/α,β-unsaturated/α-hetero) is 1. The maximum Gasteiger partial charge on any atom is 0.410 e. The minimum atomic E-state index is -0.855. The van der Waals surface area contributed by atoms with E-state index in [-0.39, 0.29) is 11.9 Å². The smallest absolute Gasteiger partial charge is 0.410 e. The second kappa shape index (κ2) is 9.06. The molecule has 1 aliphatic carbocycles. The van der Waals surface area contributed by atoms with Gasteiger partial charge in [0, 0.05) is 13.1 Å². The minimum Gasteiger partial charge on any atom is -0.435 e. The molecule has 0 unspecified atom stereocenters. The molecule has 0 bridgehead atoms. The molecule has 1 saturated carbocycles. The zero-order chi connectivity index (χ0) is 15.7. The molecule has 4 heteroatoms. The molecular weight excluding hydrogens is 266 g/mol. The van der Waals surface area contributed by atoms with Crippen LogP contribution in [-0.4, -0.2) is 35.5 Å². The third kappa shape index (κ3) is 5.33. The number of carbonyl (C=O) groups excluding carboxylic acids is 2.